The standard InChI is InChI=1S/C23H19Cl2FN2O2S/c1-2-20(23(30)28-19-8-4-7-18(24)21(19)25)31-17-6-3-5-16(13-17)27-22(29)14-9-11-15(26)12-10-14/h3-13,20H,2H2,1H3,(H,27,29)(H,28,30). The first-order chi connectivity index (χ1) is 14.9. The lowest BCUT2D eigenvalue weighted by Crippen LogP contribution is -2.24. The maximum Gasteiger partial charge on any atom is 0.255 e. The van der Waals surface area contributed by atoms with E-state index in [0.717, 1.165) is 4.90 Å². The molecule has 0 fully saturated rings. The van der Waals surface area contributed by atoms with Gasteiger partial charge in [0.25, 0.3) is 5.91 Å². The number of benzene rings is 3. The molecule has 1 unspecified atom stereocenters. The first-order valence-corrected chi connectivity index (χ1v) is 11.1. The van der Waals surface area contributed by atoms with Crippen LogP contribution < -0.4 is 10.6 Å². The van der Waals surface area contributed by atoms with Crippen LogP contribution in [0.3, 0.4) is 0 Å². The topological polar surface area (TPSA) is 58.2 Å². The Hall–Kier alpha value is -2.54. The van der Waals surface area contributed by atoms with E-state index in [1.54, 1.807) is 36.4 Å². The summed E-state index contributed by atoms with van der Waals surface area (Å²) in [4.78, 5) is 25.9. The van der Waals surface area contributed by atoms with Crippen LogP contribution in [0.2, 0.25) is 10.0 Å². The maximum atomic E-state index is 13.0. The minimum Gasteiger partial charge on any atom is -0.324 e. The maximum absolute atomic E-state index is 13.0. The number of halogens is 3. The van der Waals surface area contributed by atoms with E-state index in [0.29, 0.717) is 33.4 Å². The molecule has 0 aromatic heterocycles. The van der Waals surface area contributed by atoms with Gasteiger partial charge in [0, 0.05) is 16.1 Å². The van der Waals surface area contributed by atoms with Gasteiger partial charge >= 0.3 is 0 Å². The third-order valence-electron chi connectivity index (χ3n) is 4.35. The van der Waals surface area contributed by atoms with Crippen LogP contribution >= 0.6 is 35.0 Å². The number of carbonyl (C=O) groups is 2. The molecule has 31 heavy (non-hydrogen) atoms. The molecule has 3 rings (SSSR count). The van der Waals surface area contributed by atoms with Crippen molar-refractivity contribution in [2.24, 2.45) is 0 Å². The summed E-state index contributed by atoms with van der Waals surface area (Å²) in [5.74, 6) is -0.946. The molecule has 0 radical (unpaired) electrons. The molecular weight excluding hydrogens is 458 g/mol. The number of rotatable bonds is 7. The lowest BCUT2D eigenvalue weighted by Gasteiger charge is -2.16. The summed E-state index contributed by atoms with van der Waals surface area (Å²) < 4.78 is 13.0. The molecule has 0 bridgehead atoms. The Balaban J connectivity index is 1.68. The van der Waals surface area contributed by atoms with E-state index >= 15 is 0 Å². The fourth-order valence-corrected chi connectivity index (χ4v) is 4.11. The van der Waals surface area contributed by atoms with Gasteiger partial charge in [-0.05, 0) is 61.0 Å². The highest BCUT2D eigenvalue weighted by Crippen LogP contribution is 2.32. The quantitative estimate of drug-likeness (QED) is 0.364. The molecule has 2 N–H and O–H groups in total. The normalized spacial score (nSPS) is 11.6. The molecule has 3 aromatic carbocycles. The minimum atomic E-state index is -0.405. The summed E-state index contributed by atoms with van der Waals surface area (Å²) in [6.45, 7) is 1.91. The van der Waals surface area contributed by atoms with Crippen LogP contribution in [0.4, 0.5) is 15.8 Å². The van der Waals surface area contributed by atoms with Crippen LogP contribution in [-0.2, 0) is 4.79 Å². The van der Waals surface area contributed by atoms with E-state index in [1.807, 2.05) is 13.0 Å². The Morgan fingerprint density at radius 3 is 2.42 bits per heavy atom. The molecule has 2 amide bonds. The fraction of sp³-hybridized carbons (Fsp3) is 0.130. The van der Waals surface area contributed by atoms with Crippen molar-refractivity contribution in [3.8, 4) is 0 Å². The molecule has 0 aliphatic rings. The van der Waals surface area contributed by atoms with Crippen LogP contribution in [0.25, 0.3) is 0 Å². The highest BCUT2D eigenvalue weighted by molar-refractivity contribution is 8.00. The van der Waals surface area contributed by atoms with Crippen molar-refractivity contribution in [2.75, 3.05) is 10.6 Å². The van der Waals surface area contributed by atoms with E-state index in [4.69, 9.17) is 23.2 Å². The lowest BCUT2D eigenvalue weighted by molar-refractivity contribution is -0.115. The van der Waals surface area contributed by atoms with E-state index in [2.05, 4.69) is 10.6 Å². The monoisotopic (exact) mass is 476 g/mol. The van der Waals surface area contributed by atoms with Gasteiger partial charge in [-0.3, -0.25) is 9.59 Å². The Morgan fingerprint density at radius 2 is 1.71 bits per heavy atom. The van der Waals surface area contributed by atoms with Gasteiger partial charge in [-0.25, -0.2) is 4.39 Å². The van der Waals surface area contributed by atoms with E-state index in [1.165, 1.54) is 36.0 Å². The van der Waals surface area contributed by atoms with Crippen molar-refractivity contribution in [1.29, 1.82) is 0 Å². The summed E-state index contributed by atoms with van der Waals surface area (Å²) in [6.07, 6.45) is 0.584. The first-order valence-electron chi connectivity index (χ1n) is 9.46. The highest BCUT2D eigenvalue weighted by atomic mass is 35.5. The summed E-state index contributed by atoms with van der Waals surface area (Å²) >= 11 is 13.5. The predicted octanol–water partition coefficient (Wildman–Crippen LogP) is 6.89. The summed E-state index contributed by atoms with van der Waals surface area (Å²) in [5, 5.41) is 5.89. The number of thioether (sulfide) groups is 1. The number of anilines is 2. The number of amides is 2. The molecule has 1 atom stereocenters. The van der Waals surface area contributed by atoms with Gasteiger partial charge < -0.3 is 10.6 Å². The van der Waals surface area contributed by atoms with Gasteiger partial charge in [0.1, 0.15) is 5.82 Å². The second kappa shape index (κ2) is 10.7. The largest absolute Gasteiger partial charge is 0.324 e. The lowest BCUT2D eigenvalue weighted by atomic mass is 10.2. The number of hydrogen-bond donors (Lipinski definition) is 2. The third-order valence-corrected chi connectivity index (χ3v) is 6.53. The molecule has 8 heteroatoms. The Bertz CT molecular complexity index is 1090. The average Bonchev–Trinajstić information content (AvgIpc) is 2.76. The third kappa shape index (κ3) is 6.23. The van der Waals surface area contributed by atoms with Crippen LogP contribution in [0.15, 0.2) is 71.6 Å². The van der Waals surface area contributed by atoms with Gasteiger partial charge in [-0.15, -0.1) is 11.8 Å². The van der Waals surface area contributed by atoms with Crippen molar-refractivity contribution in [2.45, 2.75) is 23.5 Å². The molecule has 0 heterocycles. The van der Waals surface area contributed by atoms with Crippen LogP contribution in [0.5, 0.6) is 0 Å². The highest BCUT2D eigenvalue weighted by Gasteiger charge is 2.20. The van der Waals surface area contributed by atoms with Gasteiger partial charge in [-0.2, -0.15) is 0 Å². The molecular formula is C23H19Cl2FN2O2S. The number of hydrogen-bond acceptors (Lipinski definition) is 3. The summed E-state index contributed by atoms with van der Waals surface area (Å²) in [5.41, 5.74) is 1.38. The van der Waals surface area contributed by atoms with Gasteiger partial charge in [0.2, 0.25) is 5.91 Å². The minimum absolute atomic E-state index is 0.197. The molecule has 0 aliphatic carbocycles. The molecule has 160 valence electrons. The van der Waals surface area contributed by atoms with E-state index in [9.17, 15) is 14.0 Å². The van der Waals surface area contributed by atoms with E-state index in [-0.39, 0.29) is 17.1 Å². The predicted molar refractivity (Wildman–Crippen MR) is 126 cm³/mol. The molecule has 0 spiro atoms. The van der Waals surface area contributed by atoms with Crippen molar-refractivity contribution < 1.29 is 14.0 Å². The zero-order valence-corrected chi connectivity index (χ0v) is 18.8. The van der Waals surface area contributed by atoms with Crippen molar-refractivity contribution in [1.82, 2.24) is 0 Å². The molecule has 0 saturated carbocycles. The molecule has 3 aromatic rings. The van der Waals surface area contributed by atoms with Gasteiger partial charge in [-0.1, -0.05) is 42.3 Å². The second-order valence-electron chi connectivity index (χ2n) is 6.59. The number of carbonyl (C=O) groups excluding carboxylic acids is 2. The summed E-state index contributed by atoms with van der Waals surface area (Å²) in [6, 6.07) is 17.5. The van der Waals surface area contributed by atoms with Gasteiger partial charge in [0.05, 0.1) is 21.0 Å². The van der Waals surface area contributed by atoms with Crippen molar-refractivity contribution in [3.63, 3.8) is 0 Å². The molecule has 0 saturated heterocycles. The smallest absolute Gasteiger partial charge is 0.255 e. The zero-order valence-electron chi connectivity index (χ0n) is 16.5. The Morgan fingerprint density at radius 1 is 1.00 bits per heavy atom. The summed E-state index contributed by atoms with van der Waals surface area (Å²) in [7, 11) is 0. The average molecular weight is 477 g/mol. The first kappa shape index (κ1) is 23.1. The van der Waals surface area contributed by atoms with Crippen molar-refractivity contribution in [3.05, 3.63) is 88.2 Å². The second-order valence-corrected chi connectivity index (χ2v) is 8.66. The SMILES string of the molecule is CCC(Sc1cccc(NC(=O)c2ccc(F)cc2)c1)C(=O)Nc1cccc(Cl)c1Cl. The van der Waals surface area contributed by atoms with E-state index < -0.39 is 5.82 Å². The van der Waals surface area contributed by atoms with Crippen LogP contribution in [-0.4, -0.2) is 17.1 Å². The van der Waals surface area contributed by atoms with Crippen molar-refractivity contribution >= 4 is 58.2 Å². The zero-order chi connectivity index (χ0) is 22.4. The number of nitrogens with one attached hydrogen (secondary N) is 2. The Labute approximate surface area is 194 Å². The molecule has 4 nitrogen and oxygen atoms in total. The Kier molecular flexibility index (Phi) is 7.96. The van der Waals surface area contributed by atoms with Crippen LogP contribution in [0, 0.1) is 5.82 Å². The molecule has 0 aliphatic heterocycles. The fourth-order valence-electron chi connectivity index (χ4n) is 2.75. The van der Waals surface area contributed by atoms with Crippen LogP contribution in [0.1, 0.15) is 23.7 Å². The van der Waals surface area contributed by atoms with Gasteiger partial charge in [0.15, 0.2) is 0 Å².